The topological polar surface area (TPSA) is 55.4 Å². The van der Waals surface area contributed by atoms with Crippen LogP contribution in [-0.4, -0.2) is 17.0 Å². The quantitative estimate of drug-likeness (QED) is 0.392. The van der Waals surface area contributed by atoms with Gasteiger partial charge in [0, 0.05) is 12.3 Å². The van der Waals surface area contributed by atoms with Gasteiger partial charge in [-0.3, -0.25) is 0 Å². The summed E-state index contributed by atoms with van der Waals surface area (Å²) in [6.45, 7) is 17.7. The Hall–Kier alpha value is -0.240. The lowest BCUT2D eigenvalue weighted by Crippen LogP contribution is -2.49. The molecule has 0 aromatic rings. The molecule has 6 heteroatoms. The van der Waals surface area contributed by atoms with Crippen molar-refractivity contribution in [1.82, 2.24) is 0 Å². The minimum absolute atomic E-state index is 0.0402. The molecule has 1 rings (SSSR count). The molecule has 0 bridgehead atoms. The Bertz CT molecular complexity index is 346. The van der Waals surface area contributed by atoms with Crippen molar-refractivity contribution in [3.05, 3.63) is 0 Å². The van der Waals surface area contributed by atoms with Gasteiger partial charge >= 0.3 is 0 Å². The molecule has 1 atom stereocenters. The molecule has 6 nitrogen and oxygen atoms in total. The first-order valence-corrected chi connectivity index (χ1v) is 8.32. The first-order chi connectivity index (χ1) is 10.2. The lowest BCUT2D eigenvalue weighted by Gasteiger charge is -2.44. The van der Waals surface area contributed by atoms with Gasteiger partial charge in [-0.25, -0.2) is 9.78 Å². The summed E-state index contributed by atoms with van der Waals surface area (Å²) >= 11 is 0. The number of hydrogen-bond acceptors (Lipinski definition) is 6. The van der Waals surface area contributed by atoms with E-state index in [1.807, 2.05) is 48.5 Å². The summed E-state index contributed by atoms with van der Waals surface area (Å²) in [5.41, 5.74) is -0.756. The van der Waals surface area contributed by atoms with E-state index in [4.69, 9.17) is 29.6 Å². The lowest BCUT2D eigenvalue weighted by atomic mass is 9.70. The van der Waals surface area contributed by atoms with Gasteiger partial charge in [0.25, 0.3) is 0 Å². The van der Waals surface area contributed by atoms with E-state index in [-0.39, 0.29) is 11.3 Å². The summed E-state index contributed by atoms with van der Waals surface area (Å²) in [6.07, 6.45) is 2.43. The first-order valence-electron chi connectivity index (χ1n) is 8.32. The molecule has 1 fully saturated rings. The van der Waals surface area contributed by atoms with Crippen molar-refractivity contribution in [1.29, 1.82) is 0 Å². The summed E-state index contributed by atoms with van der Waals surface area (Å²) in [7, 11) is 0. The van der Waals surface area contributed by atoms with Crippen LogP contribution in [0.5, 0.6) is 0 Å². The molecule has 0 heterocycles. The molecule has 23 heavy (non-hydrogen) atoms. The maximum atomic E-state index is 5.52. The van der Waals surface area contributed by atoms with Crippen LogP contribution in [0.4, 0.5) is 0 Å². The Balaban J connectivity index is 2.71. The number of hydrogen-bond donors (Lipinski definition) is 0. The van der Waals surface area contributed by atoms with Crippen LogP contribution < -0.4 is 0 Å². The van der Waals surface area contributed by atoms with E-state index in [1.165, 1.54) is 0 Å². The van der Waals surface area contributed by atoms with E-state index in [9.17, 15) is 0 Å². The Morgan fingerprint density at radius 3 is 1.57 bits per heavy atom. The van der Waals surface area contributed by atoms with Gasteiger partial charge in [0.15, 0.2) is 0 Å². The Kier molecular flexibility index (Phi) is 6.63. The van der Waals surface area contributed by atoms with Crippen LogP contribution in [-0.2, 0) is 29.6 Å². The van der Waals surface area contributed by atoms with Crippen molar-refractivity contribution in [2.24, 2.45) is 11.3 Å². The van der Waals surface area contributed by atoms with Gasteiger partial charge in [0.05, 0.1) is 11.2 Å². The summed E-state index contributed by atoms with van der Waals surface area (Å²) in [5, 5.41) is 10.0. The Morgan fingerprint density at radius 2 is 1.22 bits per heavy atom. The van der Waals surface area contributed by atoms with Crippen LogP contribution in [0.15, 0.2) is 0 Å². The van der Waals surface area contributed by atoms with Crippen LogP contribution in [0.25, 0.3) is 0 Å². The molecular formula is C17H34O6. The normalized spacial score (nSPS) is 24.7. The molecule has 0 radical (unpaired) electrons. The van der Waals surface area contributed by atoms with E-state index in [1.54, 1.807) is 0 Å². The second-order valence-electron chi connectivity index (χ2n) is 9.28. The Labute approximate surface area is 140 Å². The fourth-order valence-electron chi connectivity index (χ4n) is 2.46. The second-order valence-corrected chi connectivity index (χ2v) is 9.28. The maximum Gasteiger partial charge on any atom is 0.242 e. The molecule has 1 aliphatic rings. The molecule has 1 saturated carbocycles. The van der Waals surface area contributed by atoms with Gasteiger partial charge in [-0.15, -0.1) is 0 Å². The molecule has 1 unspecified atom stereocenters. The Morgan fingerprint density at radius 1 is 0.783 bits per heavy atom. The van der Waals surface area contributed by atoms with Crippen LogP contribution in [0.1, 0.15) is 81.6 Å². The van der Waals surface area contributed by atoms with Gasteiger partial charge in [-0.1, -0.05) is 30.8 Å². The predicted octanol–water partition coefficient (Wildman–Crippen LogP) is 4.89. The molecule has 0 aromatic heterocycles. The highest BCUT2D eigenvalue weighted by Crippen LogP contribution is 2.46. The van der Waals surface area contributed by atoms with Crippen molar-refractivity contribution in [2.75, 3.05) is 0 Å². The van der Waals surface area contributed by atoms with Crippen molar-refractivity contribution in [2.45, 2.75) is 98.6 Å². The lowest BCUT2D eigenvalue weighted by molar-refractivity contribution is -0.668. The summed E-state index contributed by atoms with van der Waals surface area (Å²) in [5.74, 6) is -1.02. The van der Waals surface area contributed by atoms with Gasteiger partial charge in [0.2, 0.25) is 5.79 Å². The number of rotatable bonds is 6. The molecular weight excluding hydrogens is 300 g/mol. The van der Waals surface area contributed by atoms with Crippen LogP contribution in [0.3, 0.4) is 0 Å². The van der Waals surface area contributed by atoms with Gasteiger partial charge in [0.1, 0.15) is 0 Å². The highest BCUT2D eigenvalue weighted by Gasteiger charge is 2.49. The average molecular weight is 334 g/mol. The highest BCUT2D eigenvalue weighted by atomic mass is 17.6. The zero-order valence-corrected chi connectivity index (χ0v) is 16.1. The van der Waals surface area contributed by atoms with Gasteiger partial charge < -0.3 is 0 Å². The minimum Gasteiger partial charge on any atom is -0.200 e. The van der Waals surface area contributed by atoms with E-state index in [2.05, 4.69) is 13.8 Å². The molecule has 0 saturated heterocycles. The maximum absolute atomic E-state index is 5.52. The van der Waals surface area contributed by atoms with E-state index in [0.717, 1.165) is 12.8 Å². The third kappa shape index (κ3) is 7.45. The van der Waals surface area contributed by atoms with Crippen LogP contribution >= 0.6 is 0 Å². The monoisotopic (exact) mass is 334 g/mol. The molecule has 0 N–H and O–H groups in total. The third-order valence-electron chi connectivity index (χ3n) is 3.68. The fourth-order valence-corrected chi connectivity index (χ4v) is 2.46. The third-order valence-corrected chi connectivity index (χ3v) is 3.68. The smallest absolute Gasteiger partial charge is 0.200 e. The predicted molar refractivity (Wildman–Crippen MR) is 85.5 cm³/mol. The van der Waals surface area contributed by atoms with Crippen molar-refractivity contribution in [3.63, 3.8) is 0 Å². The van der Waals surface area contributed by atoms with E-state index >= 15 is 0 Å². The summed E-state index contributed by atoms with van der Waals surface area (Å²) < 4.78 is 0. The van der Waals surface area contributed by atoms with Crippen molar-refractivity contribution >= 4 is 0 Å². The standard InChI is InChI=1S/C17H34O6/c1-13-12-16(8,9)10-11-17(13,20-22-18-14(2,3)4)21-23-19-15(5,6)7/h13H,10-12H2,1-9H3. The molecule has 0 aliphatic heterocycles. The molecule has 1 aliphatic carbocycles. The van der Waals surface area contributed by atoms with Crippen molar-refractivity contribution in [3.8, 4) is 0 Å². The first kappa shape index (κ1) is 20.8. The summed E-state index contributed by atoms with van der Waals surface area (Å²) in [6, 6.07) is 0. The van der Waals surface area contributed by atoms with Crippen molar-refractivity contribution < 1.29 is 29.6 Å². The molecule has 0 spiro atoms. The van der Waals surface area contributed by atoms with E-state index in [0.29, 0.717) is 6.42 Å². The zero-order valence-electron chi connectivity index (χ0n) is 16.1. The minimum atomic E-state index is -1.06. The van der Waals surface area contributed by atoms with Gasteiger partial charge in [-0.2, -0.15) is 9.78 Å². The average Bonchev–Trinajstić information content (AvgIpc) is 2.30. The fraction of sp³-hybridized carbons (Fsp3) is 1.00. The largest absolute Gasteiger partial charge is 0.242 e. The molecule has 0 amide bonds. The van der Waals surface area contributed by atoms with Crippen LogP contribution in [0, 0.1) is 11.3 Å². The molecule has 138 valence electrons. The van der Waals surface area contributed by atoms with Gasteiger partial charge in [-0.05, 0) is 59.8 Å². The van der Waals surface area contributed by atoms with E-state index < -0.39 is 17.0 Å². The highest BCUT2D eigenvalue weighted by molar-refractivity contribution is 4.88. The SMILES string of the molecule is CC1CC(C)(C)CCC1(OOOC(C)(C)C)OOOC(C)(C)C. The zero-order chi connectivity index (χ0) is 17.9. The van der Waals surface area contributed by atoms with Crippen LogP contribution in [0.2, 0.25) is 0 Å². The second kappa shape index (κ2) is 7.33. The summed E-state index contributed by atoms with van der Waals surface area (Å²) in [4.78, 5) is 21.4. The molecule has 0 aromatic carbocycles.